The average molecular weight is 282 g/mol. The number of rotatable bonds is 4. The second-order valence-corrected chi connectivity index (χ2v) is 3.23. The Labute approximate surface area is 94.5 Å². The van der Waals surface area contributed by atoms with E-state index in [4.69, 9.17) is 9.47 Å². The van der Waals surface area contributed by atoms with Crippen molar-refractivity contribution in [2.45, 2.75) is 11.8 Å². The van der Waals surface area contributed by atoms with Gasteiger partial charge in [0, 0.05) is 11.4 Å². The minimum absolute atomic E-state index is 0.154. The van der Waals surface area contributed by atoms with E-state index in [0.717, 1.165) is 0 Å². The summed E-state index contributed by atoms with van der Waals surface area (Å²) in [7, 11) is 2.79. The highest BCUT2D eigenvalue weighted by atomic mass is 79.9. The zero-order chi connectivity index (χ0) is 11.4. The highest BCUT2D eigenvalue weighted by molar-refractivity contribution is 9.08. The molecular formula is C9H10BrF2NO2. The smallest absolute Gasteiger partial charge is 0.280 e. The van der Waals surface area contributed by atoms with E-state index in [2.05, 4.69) is 20.9 Å². The summed E-state index contributed by atoms with van der Waals surface area (Å²) in [5.74, 6) is 0.496. The van der Waals surface area contributed by atoms with Gasteiger partial charge in [-0.1, -0.05) is 15.9 Å². The molecule has 6 heteroatoms. The molecule has 84 valence electrons. The predicted molar refractivity (Wildman–Crippen MR) is 54.9 cm³/mol. The Kier molecular flexibility index (Phi) is 4.26. The van der Waals surface area contributed by atoms with Crippen LogP contribution in [0.2, 0.25) is 0 Å². The molecule has 0 unspecified atom stereocenters. The molecule has 0 aliphatic rings. The largest absolute Gasteiger partial charge is 0.496 e. The summed E-state index contributed by atoms with van der Waals surface area (Å²) in [6, 6.07) is 1.21. The maximum atomic E-state index is 12.5. The van der Waals surface area contributed by atoms with E-state index in [9.17, 15) is 8.78 Å². The molecule has 0 radical (unpaired) electrons. The SMILES string of the molecule is COc1cc(C(F)F)nc(OC)c1CBr. The molecule has 0 bridgehead atoms. The van der Waals surface area contributed by atoms with E-state index in [1.165, 1.54) is 20.3 Å². The Morgan fingerprint density at radius 1 is 1.40 bits per heavy atom. The second-order valence-electron chi connectivity index (χ2n) is 2.67. The van der Waals surface area contributed by atoms with Crippen LogP contribution in [0.15, 0.2) is 6.07 Å². The van der Waals surface area contributed by atoms with Gasteiger partial charge in [0.2, 0.25) is 5.88 Å². The Morgan fingerprint density at radius 3 is 2.47 bits per heavy atom. The molecule has 0 spiro atoms. The van der Waals surface area contributed by atoms with Crippen molar-refractivity contribution in [3.05, 3.63) is 17.3 Å². The first kappa shape index (κ1) is 12.2. The van der Waals surface area contributed by atoms with Gasteiger partial charge in [-0.3, -0.25) is 0 Å². The van der Waals surface area contributed by atoms with Crippen molar-refractivity contribution in [3.8, 4) is 11.6 Å². The Morgan fingerprint density at radius 2 is 2.07 bits per heavy atom. The van der Waals surface area contributed by atoms with E-state index < -0.39 is 6.43 Å². The van der Waals surface area contributed by atoms with Gasteiger partial charge in [-0.2, -0.15) is 0 Å². The lowest BCUT2D eigenvalue weighted by Gasteiger charge is -2.12. The van der Waals surface area contributed by atoms with Crippen LogP contribution in [0.1, 0.15) is 17.7 Å². The van der Waals surface area contributed by atoms with Gasteiger partial charge in [-0.15, -0.1) is 0 Å². The van der Waals surface area contributed by atoms with Crippen molar-refractivity contribution >= 4 is 15.9 Å². The maximum Gasteiger partial charge on any atom is 0.280 e. The Hall–Kier alpha value is -0.910. The topological polar surface area (TPSA) is 31.4 Å². The first-order valence-electron chi connectivity index (χ1n) is 4.10. The van der Waals surface area contributed by atoms with Crippen LogP contribution in [-0.4, -0.2) is 19.2 Å². The van der Waals surface area contributed by atoms with Gasteiger partial charge in [-0.25, -0.2) is 13.8 Å². The van der Waals surface area contributed by atoms with E-state index in [1.54, 1.807) is 0 Å². The van der Waals surface area contributed by atoms with Crippen LogP contribution in [0.3, 0.4) is 0 Å². The van der Waals surface area contributed by atoms with E-state index in [0.29, 0.717) is 16.6 Å². The summed E-state index contributed by atoms with van der Waals surface area (Å²) in [6.07, 6.45) is -2.64. The standard InChI is InChI=1S/C9H10BrF2NO2/c1-14-7-3-6(8(11)12)13-9(15-2)5(7)4-10/h3,8H,4H2,1-2H3. The maximum absolute atomic E-state index is 12.5. The molecule has 3 nitrogen and oxygen atoms in total. The second kappa shape index (κ2) is 5.25. The van der Waals surface area contributed by atoms with Crippen molar-refractivity contribution in [2.24, 2.45) is 0 Å². The lowest BCUT2D eigenvalue weighted by molar-refractivity contribution is 0.144. The van der Waals surface area contributed by atoms with Crippen molar-refractivity contribution < 1.29 is 18.3 Å². The molecule has 1 aromatic rings. The van der Waals surface area contributed by atoms with E-state index in [1.807, 2.05) is 0 Å². The monoisotopic (exact) mass is 281 g/mol. The first-order chi connectivity index (χ1) is 7.13. The molecule has 0 aliphatic heterocycles. The highest BCUT2D eigenvalue weighted by Gasteiger charge is 2.17. The number of nitrogens with zero attached hydrogens (tertiary/aromatic N) is 1. The fraction of sp³-hybridized carbons (Fsp3) is 0.444. The molecule has 1 rings (SSSR count). The van der Waals surface area contributed by atoms with Crippen LogP contribution in [0.4, 0.5) is 8.78 Å². The third-order valence-electron chi connectivity index (χ3n) is 1.84. The van der Waals surface area contributed by atoms with Crippen LogP contribution >= 0.6 is 15.9 Å². The van der Waals surface area contributed by atoms with Crippen LogP contribution in [0, 0.1) is 0 Å². The van der Waals surface area contributed by atoms with Gasteiger partial charge >= 0.3 is 0 Å². The van der Waals surface area contributed by atoms with Crippen LogP contribution < -0.4 is 9.47 Å². The zero-order valence-corrected chi connectivity index (χ0v) is 9.85. The summed E-state index contributed by atoms with van der Waals surface area (Å²) < 4.78 is 34.8. The van der Waals surface area contributed by atoms with Gasteiger partial charge in [0.1, 0.15) is 11.4 Å². The van der Waals surface area contributed by atoms with Gasteiger partial charge in [0.15, 0.2) is 0 Å². The number of methoxy groups -OCH3 is 2. The molecule has 0 atom stereocenters. The lowest BCUT2D eigenvalue weighted by Crippen LogP contribution is -2.01. The number of alkyl halides is 3. The molecule has 1 heterocycles. The molecule has 0 saturated heterocycles. The summed E-state index contributed by atoms with van der Waals surface area (Å²) in [4.78, 5) is 3.69. The molecule has 0 aromatic carbocycles. The minimum Gasteiger partial charge on any atom is -0.496 e. The normalized spacial score (nSPS) is 10.5. The summed E-state index contributed by atoms with van der Waals surface area (Å²) in [6.45, 7) is 0. The molecule has 0 aliphatic carbocycles. The van der Waals surface area contributed by atoms with E-state index >= 15 is 0 Å². The van der Waals surface area contributed by atoms with Crippen LogP contribution in [0.5, 0.6) is 11.6 Å². The van der Waals surface area contributed by atoms with Gasteiger partial charge in [0.05, 0.1) is 19.8 Å². The first-order valence-corrected chi connectivity index (χ1v) is 5.22. The molecule has 15 heavy (non-hydrogen) atoms. The summed E-state index contributed by atoms with van der Waals surface area (Å²) in [5.41, 5.74) is 0.262. The molecular weight excluding hydrogens is 272 g/mol. The van der Waals surface area contributed by atoms with Crippen molar-refractivity contribution in [1.82, 2.24) is 4.98 Å². The van der Waals surface area contributed by atoms with Crippen molar-refractivity contribution in [1.29, 1.82) is 0 Å². The number of aromatic nitrogens is 1. The zero-order valence-electron chi connectivity index (χ0n) is 8.26. The number of hydrogen-bond donors (Lipinski definition) is 0. The fourth-order valence-electron chi connectivity index (χ4n) is 1.13. The number of pyridine rings is 1. The Balaban J connectivity index is 3.29. The highest BCUT2D eigenvalue weighted by Crippen LogP contribution is 2.32. The third-order valence-corrected chi connectivity index (χ3v) is 2.40. The molecule has 1 aromatic heterocycles. The quantitative estimate of drug-likeness (QED) is 0.796. The van der Waals surface area contributed by atoms with Gasteiger partial charge in [-0.05, 0) is 0 Å². The summed E-state index contributed by atoms with van der Waals surface area (Å²) >= 11 is 3.21. The fourth-order valence-corrected chi connectivity index (χ4v) is 1.65. The number of hydrogen-bond acceptors (Lipinski definition) is 3. The molecule has 0 fully saturated rings. The molecule has 0 amide bonds. The lowest BCUT2D eigenvalue weighted by atomic mass is 10.2. The number of halogens is 3. The average Bonchev–Trinajstić information content (AvgIpc) is 2.26. The molecule has 0 saturated carbocycles. The number of ether oxygens (including phenoxy) is 2. The Bertz CT molecular complexity index is 322. The van der Waals surface area contributed by atoms with E-state index in [-0.39, 0.29) is 11.6 Å². The van der Waals surface area contributed by atoms with Crippen molar-refractivity contribution in [3.63, 3.8) is 0 Å². The minimum atomic E-state index is -2.64. The predicted octanol–water partition coefficient (Wildman–Crippen LogP) is 2.93. The van der Waals surface area contributed by atoms with Crippen molar-refractivity contribution in [2.75, 3.05) is 14.2 Å². The van der Waals surface area contributed by atoms with Crippen LogP contribution in [-0.2, 0) is 5.33 Å². The van der Waals surface area contributed by atoms with Crippen LogP contribution in [0.25, 0.3) is 0 Å². The summed E-state index contributed by atoms with van der Waals surface area (Å²) in [5, 5.41) is 0.426. The third kappa shape index (κ3) is 2.56. The molecule has 0 N–H and O–H groups in total. The van der Waals surface area contributed by atoms with Gasteiger partial charge in [0.25, 0.3) is 6.43 Å². The van der Waals surface area contributed by atoms with Gasteiger partial charge < -0.3 is 9.47 Å².